The zero-order chi connectivity index (χ0) is 21.1. The van der Waals surface area contributed by atoms with Gasteiger partial charge in [0.15, 0.2) is 0 Å². The Morgan fingerprint density at radius 1 is 1.37 bits per heavy atom. The molecule has 2 heterocycles. The maximum atomic E-state index is 12.5. The Labute approximate surface area is 180 Å². The molecule has 164 valence electrons. The highest BCUT2D eigenvalue weighted by Gasteiger charge is 2.68. The van der Waals surface area contributed by atoms with Crippen LogP contribution in [-0.2, 0) is 16.0 Å². The largest absolute Gasteiger partial charge is 0.396 e. The fraction of sp³-hybridized carbons (Fsp3) is 0.720. The molecule has 0 unspecified atom stereocenters. The van der Waals surface area contributed by atoms with Crippen LogP contribution in [-0.4, -0.2) is 43.9 Å². The van der Waals surface area contributed by atoms with Crippen molar-refractivity contribution in [2.75, 3.05) is 31.7 Å². The Morgan fingerprint density at radius 3 is 3.00 bits per heavy atom. The molecule has 5 atom stereocenters. The number of carbonyl (C=O) groups excluding carboxylic acids is 1. The van der Waals surface area contributed by atoms with Crippen LogP contribution in [0, 0.1) is 22.7 Å². The van der Waals surface area contributed by atoms with E-state index in [9.17, 15) is 9.90 Å². The van der Waals surface area contributed by atoms with Crippen molar-refractivity contribution in [3.8, 4) is 0 Å². The molecule has 2 aliphatic heterocycles. The molecule has 5 heteroatoms. The molecule has 1 amide bonds. The number of rotatable bonds is 4. The molecule has 2 aliphatic carbocycles. The van der Waals surface area contributed by atoms with Crippen molar-refractivity contribution in [2.24, 2.45) is 22.7 Å². The maximum Gasteiger partial charge on any atom is 0.222 e. The Balaban J connectivity index is 1.46. The summed E-state index contributed by atoms with van der Waals surface area (Å²) < 4.78 is 6.45. The number of hydrogen-bond donors (Lipinski definition) is 2. The monoisotopic (exact) mass is 412 g/mol. The van der Waals surface area contributed by atoms with Gasteiger partial charge in [0.2, 0.25) is 5.91 Å². The van der Waals surface area contributed by atoms with Crippen molar-refractivity contribution in [1.82, 2.24) is 5.32 Å². The van der Waals surface area contributed by atoms with Crippen LogP contribution >= 0.6 is 0 Å². The third kappa shape index (κ3) is 2.92. The van der Waals surface area contributed by atoms with Crippen molar-refractivity contribution in [1.29, 1.82) is 0 Å². The molecule has 2 N–H and O–H groups in total. The number of fused-ring (bicyclic) bond motifs is 2. The summed E-state index contributed by atoms with van der Waals surface area (Å²) in [5.41, 5.74) is 4.31. The van der Waals surface area contributed by atoms with Crippen LogP contribution in [0.15, 0.2) is 18.2 Å². The number of nitrogens with zero attached hydrogens (tertiary/aromatic N) is 1. The second-order valence-corrected chi connectivity index (χ2v) is 10.7. The predicted octanol–water partition coefficient (Wildman–Crippen LogP) is 3.45. The molecule has 0 radical (unpaired) electrons. The van der Waals surface area contributed by atoms with Gasteiger partial charge in [-0.25, -0.2) is 0 Å². The van der Waals surface area contributed by atoms with Crippen LogP contribution in [0.1, 0.15) is 63.2 Å². The molecule has 1 aromatic rings. The first-order valence-electron chi connectivity index (χ1n) is 11.7. The highest BCUT2D eigenvalue weighted by Crippen LogP contribution is 2.70. The fourth-order valence-electron chi connectivity index (χ4n) is 7.43. The number of ether oxygens (including phenoxy) is 1. The minimum Gasteiger partial charge on any atom is -0.396 e. The van der Waals surface area contributed by atoms with E-state index in [-0.39, 0.29) is 41.9 Å². The van der Waals surface area contributed by atoms with Gasteiger partial charge in [-0.15, -0.1) is 0 Å². The van der Waals surface area contributed by atoms with Gasteiger partial charge >= 0.3 is 0 Å². The predicted molar refractivity (Wildman–Crippen MR) is 117 cm³/mol. The number of anilines is 1. The van der Waals surface area contributed by atoms with E-state index in [1.54, 1.807) is 0 Å². The number of hydrogen-bond acceptors (Lipinski definition) is 4. The van der Waals surface area contributed by atoms with Gasteiger partial charge in [0.1, 0.15) is 0 Å². The van der Waals surface area contributed by atoms with E-state index >= 15 is 0 Å². The Kier molecular flexibility index (Phi) is 4.90. The summed E-state index contributed by atoms with van der Waals surface area (Å²) in [5.74, 6) is 1.04. The van der Waals surface area contributed by atoms with E-state index in [0.29, 0.717) is 11.8 Å². The summed E-state index contributed by atoms with van der Waals surface area (Å²) in [6, 6.07) is 7.11. The number of carbonyl (C=O) groups is 1. The van der Waals surface area contributed by atoms with E-state index in [1.165, 1.54) is 36.1 Å². The molecule has 5 nitrogen and oxygen atoms in total. The van der Waals surface area contributed by atoms with Gasteiger partial charge in [0, 0.05) is 38.3 Å². The summed E-state index contributed by atoms with van der Waals surface area (Å²) in [7, 11) is 2.18. The Bertz CT molecular complexity index is 838. The molecule has 1 aromatic carbocycles. The van der Waals surface area contributed by atoms with Gasteiger partial charge in [-0.3, -0.25) is 4.79 Å². The molecule has 3 fully saturated rings. The molecule has 5 rings (SSSR count). The fourth-order valence-corrected chi connectivity index (χ4v) is 7.43. The summed E-state index contributed by atoms with van der Waals surface area (Å²) in [5, 5.41) is 12.6. The summed E-state index contributed by atoms with van der Waals surface area (Å²) in [6.45, 7) is 6.45. The standard InChI is InChI=1S/C25H36N2O3/c1-24(2)18-14-19-22(17-6-7-20-16(13-17)5-4-10-27(20)3)30-12-9-25(19,15-18)23(24)26-21(29)8-11-28/h6-7,13,18-19,22-23,28H,4-5,8-12,14-15H2,1-3H3,(H,26,29)/t18-,19-,22-,23+,25-/m1/s1. The zero-order valence-corrected chi connectivity index (χ0v) is 18.6. The number of aliphatic hydroxyl groups excluding tert-OH is 1. The van der Waals surface area contributed by atoms with Crippen LogP contribution < -0.4 is 10.2 Å². The Morgan fingerprint density at radius 2 is 2.20 bits per heavy atom. The van der Waals surface area contributed by atoms with Crippen LogP contribution in [0.4, 0.5) is 5.69 Å². The highest BCUT2D eigenvalue weighted by molar-refractivity contribution is 5.76. The zero-order valence-electron chi connectivity index (χ0n) is 18.6. The number of aliphatic hydroxyl groups is 1. The molecular weight excluding hydrogens is 376 g/mol. The number of aryl methyl sites for hydroxylation is 1. The van der Waals surface area contributed by atoms with Crippen molar-refractivity contribution in [3.05, 3.63) is 29.3 Å². The SMILES string of the molecule is CN1CCCc2cc([C@H]3OCC[C@@]45C[C@@H](C[C@H]34)C(C)(C)[C@@H]5NC(=O)CCO)ccc21. The summed E-state index contributed by atoms with van der Waals surface area (Å²) in [4.78, 5) is 14.8. The minimum absolute atomic E-state index is 0.0175. The normalized spacial score (nSPS) is 36.3. The minimum atomic E-state index is -0.0891. The lowest BCUT2D eigenvalue weighted by Gasteiger charge is -2.53. The van der Waals surface area contributed by atoms with Crippen molar-refractivity contribution >= 4 is 11.6 Å². The van der Waals surface area contributed by atoms with Crippen LogP contribution in [0.25, 0.3) is 0 Å². The van der Waals surface area contributed by atoms with E-state index < -0.39 is 0 Å². The lowest BCUT2D eigenvalue weighted by Crippen LogP contribution is -2.59. The van der Waals surface area contributed by atoms with E-state index in [0.717, 1.165) is 26.0 Å². The first-order valence-corrected chi connectivity index (χ1v) is 11.7. The third-order valence-corrected chi connectivity index (χ3v) is 8.93. The lowest BCUT2D eigenvalue weighted by atomic mass is 9.58. The average Bonchev–Trinajstić information content (AvgIpc) is 3.21. The van der Waals surface area contributed by atoms with Crippen molar-refractivity contribution < 1.29 is 14.6 Å². The quantitative estimate of drug-likeness (QED) is 0.795. The van der Waals surface area contributed by atoms with Crippen LogP contribution in [0.2, 0.25) is 0 Å². The molecular formula is C25H36N2O3. The van der Waals surface area contributed by atoms with Gasteiger partial charge < -0.3 is 20.1 Å². The molecule has 2 saturated carbocycles. The van der Waals surface area contributed by atoms with Crippen molar-refractivity contribution in [3.63, 3.8) is 0 Å². The van der Waals surface area contributed by atoms with Gasteiger partial charge in [-0.1, -0.05) is 26.0 Å². The summed E-state index contributed by atoms with van der Waals surface area (Å²) in [6.07, 6.45) is 6.05. The van der Waals surface area contributed by atoms with Gasteiger partial charge in [-0.05, 0) is 72.0 Å². The van der Waals surface area contributed by atoms with Crippen molar-refractivity contribution in [2.45, 2.75) is 64.5 Å². The van der Waals surface area contributed by atoms with E-state index in [1.807, 2.05) is 0 Å². The molecule has 1 spiro atoms. The molecule has 2 bridgehead atoms. The second kappa shape index (κ2) is 7.23. The van der Waals surface area contributed by atoms with Crippen LogP contribution in [0.3, 0.4) is 0 Å². The number of amides is 1. The number of nitrogens with one attached hydrogen (secondary N) is 1. The van der Waals surface area contributed by atoms with E-state index in [2.05, 4.69) is 49.3 Å². The smallest absolute Gasteiger partial charge is 0.222 e. The second-order valence-electron chi connectivity index (χ2n) is 10.7. The van der Waals surface area contributed by atoms with Crippen LogP contribution in [0.5, 0.6) is 0 Å². The third-order valence-electron chi connectivity index (χ3n) is 8.93. The first kappa shape index (κ1) is 20.3. The Hall–Kier alpha value is -1.59. The first-order chi connectivity index (χ1) is 14.4. The average molecular weight is 413 g/mol. The highest BCUT2D eigenvalue weighted by atomic mass is 16.5. The van der Waals surface area contributed by atoms with Gasteiger partial charge in [0.25, 0.3) is 0 Å². The lowest BCUT2D eigenvalue weighted by molar-refractivity contribution is -0.137. The van der Waals surface area contributed by atoms with Gasteiger partial charge in [0.05, 0.1) is 12.7 Å². The summed E-state index contributed by atoms with van der Waals surface area (Å²) >= 11 is 0. The number of benzene rings is 1. The van der Waals surface area contributed by atoms with Gasteiger partial charge in [-0.2, -0.15) is 0 Å². The molecule has 4 aliphatic rings. The molecule has 1 saturated heterocycles. The topological polar surface area (TPSA) is 61.8 Å². The maximum absolute atomic E-state index is 12.5. The van der Waals surface area contributed by atoms with E-state index in [4.69, 9.17) is 4.74 Å². The molecule has 30 heavy (non-hydrogen) atoms. The molecule has 0 aromatic heterocycles.